The zero-order chi connectivity index (χ0) is 16.5. The summed E-state index contributed by atoms with van der Waals surface area (Å²) in [5, 5.41) is 4.61. The molecule has 4 heterocycles. The second-order valence-electron chi connectivity index (χ2n) is 6.59. The molecule has 0 spiro atoms. The summed E-state index contributed by atoms with van der Waals surface area (Å²) in [5.41, 5.74) is 3.34. The van der Waals surface area contributed by atoms with Gasteiger partial charge < -0.3 is 0 Å². The minimum Gasteiger partial charge on any atom is -0.297 e. The molecule has 4 rings (SSSR count). The third kappa shape index (κ3) is 3.37. The van der Waals surface area contributed by atoms with Crippen LogP contribution in [0.2, 0.25) is 0 Å². The third-order valence-corrected chi connectivity index (χ3v) is 5.60. The van der Waals surface area contributed by atoms with Crippen molar-refractivity contribution in [1.82, 2.24) is 24.6 Å². The lowest BCUT2D eigenvalue weighted by Crippen LogP contribution is -2.49. The van der Waals surface area contributed by atoms with Gasteiger partial charge in [0.15, 0.2) is 0 Å². The van der Waals surface area contributed by atoms with Gasteiger partial charge in [0.25, 0.3) is 5.56 Å². The Labute approximate surface area is 145 Å². The van der Waals surface area contributed by atoms with E-state index in [4.69, 9.17) is 0 Å². The second kappa shape index (κ2) is 6.64. The van der Waals surface area contributed by atoms with Gasteiger partial charge in [-0.05, 0) is 24.3 Å². The van der Waals surface area contributed by atoms with E-state index in [1.807, 2.05) is 30.9 Å². The summed E-state index contributed by atoms with van der Waals surface area (Å²) in [6.07, 6.45) is 2.79. The minimum atomic E-state index is 0.0427. The summed E-state index contributed by atoms with van der Waals surface area (Å²) in [7, 11) is 0. The number of thioether (sulfide) groups is 1. The first-order valence-corrected chi connectivity index (χ1v) is 9.51. The second-order valence-corrected chi connectivity index (χ2v) is 7.70. The maximum atomic E-state index is 12.2. The number of hydrogen-bond acceptors (Lipinski definition) is 6. The maximum absolute atomic E-state index is 12.2. The fraction of sp³-hybridized carbons (Fsp3) is 0.529. The van der Waals surface area contributed by atoms with E-state index in [2.05, 4.69) is 20.0 Å². The monoisotopic (exact) mass is 343 g/mol. The van der Waals surface area contributed by atoms with Crippen molar-refractivity contribution in [2.24, 2.45) is 5.92 Å². The number of rotatable bonds is 4. The fourth-order valence-electron chi connectivity index (χ4n) is 3.37. The molecule has 2 aromatic rings. The van der Waals surface area contributed by atoms with Crippen LogP contribution in [-0.2, 0) is 25.3 Å². The van der Waals surface area contributed by atoms with Crippen molar-refractivity contribution >= 4 is 11.8 Å². The maximum Gasteiger partial charge on any atom is 0.267 e. The third-order valence-electron chi connectivity index (χ3n) is 4.59. The van der Waals surface area contributed by atoms with Gasteiger partial charge in [-0.2, -0.15) is 16.9 Å². The Balaban J connectivity index is 1.36. The number of hydrogen-bond donors (Lipinski definition) is 0. The number of aryl methyl sites for hydroxylation is 2. The highest BCUT2D eigenvalue weighted by molar-refractivity contribution is 7.98. The Hall–Kier alpha value is -1.73. The molecule has 1 fully saturated rings. The van der Waals surface area contributed by atoms with Crippen molar-refractivity contribution in [2.75, 3.05) is 18.8 Å². The first-order valence-electron chi connectivity index (χ1n) is 8.36. The van der Waals surface area contributed by atoms with Crippen LogP contribution in [0.15, 0.2) is 23.1 Å². The zero-order valence-corrected chi connectivity index (χ0v) is 14.6. The van der Waals surface area contributed by atoms with E-state index in [0.29, 0.717) is 5.92 Å². The van der Waals surface area contributed by atoms with Crippen LogP contribution in [0.1, 0.15) is 22.8 Å². The molecular weight excluding hydrogens is 322 g/mol. The molecule has 1 saturated heterocycles. The van der Waals surface area contributed by atoms with Crippen LogP contribution in [0, 0.1) is 12.8 Å². The lowest BCUT2D eigenvalue weighted by molar-refractivity contribution is 0.0751. The molecule has 2 aliphatic rings. The standard InChI is InChI=1S/C17H21N5OS/c1-12-18-4-2-15(19-12)10-21-7-13(8-21)9-22-17(23)6-14-11-24-5-3-16(14)20-22/h2,4,6,13H,3,5,7-11H2,1H3. The molecule has 0 radical (unpaired) electrons. The Bertz CT molecular complexity index is 800. The lowest BCUT2D eigenvalue weighted by atomic mass is 10.00. The summed E-state index contributed by atoms with van der Waals surface area (Å²) in [4.78, 5) is 23.2. The van der Waals surface area contributed by atoms with Gasteiger partial charge in [0, 0.05) is 50.0 Å². The Morgan fingerprint density at radius 2 is 2.25 bits per heavy atom. The first-order chi connectivity index (χ1) is 11.7. The molecule has 24 heavy (non-hydrogen) atoms. The highest BCUT2D eigenvalue weighted by atomic mass is 32.2. The molecule has 0 N–H and O–H groups in total. The Morgan fingerprint density at radius 3 is 3.08 bits per heavy atom. The number of fused-ring (bicyclic) bond motifs is 1. The average Bonchev–Trinajstić information content (AvgIpc) is 2.53. The van der Waals surface area contributed by atoms with Gasteiger partial charge in [0.05, 0.1) is 17.9 Å². The van der Waals surface area contributed by atoms with Gasteiger partial charge in [-0.25, -0.2) is 14.6 Å². The van der Waals surface area contributed by atoms with Crippen molar-refractivity contribution in [3.63, 3.8) is 0 Å². The van der Waals surface area contributed by atoms with Gasteiger partial charge in [0.1, 0.15) is 5.82 Å². The molecule has 7 heteroatoms. The van der Waals surface area contributed by atoms with Crippen LogP contribution >= 0.6 is 11.8 Å². The van der Waals surface area contributed by atoms with Crippen LogP contribution in [-0.4, -0.2) is 43.5 Å². The largest absolute Gasteiger partial charge is 0.297 e. The van der Waals surface area contributed by atoms with Crippen LogP contribution < -0.4 is 5.56 Å². The van der Waals surface area contributed by atoms with E-state index >= 15 is 0 Å². The molecule has 0 bridgehead atoms. The molecule has 0 atom stereocenters. The molecule has 0 amide bonds. The predicted molar refractivity (Wildman–Crippen MR) is 93.9 cm³/mol. The fourth-order valence-corrected chi connectivity index (χ4v) is 4.32. The number of nitrogens with zero attached hydrogens (tertiary/aromatic N) is 5. The molecule has 0 aromatic carbocycles. The van der Waals surface area contributed by atoms with E-state index in [9.17, 15) is 4.79 Å². The van der Waals surface area contributed by atoms with E-state index in [-0.39, 0.29) is 5.56 Å². The minimum absolute atomic E-state index is 0.0427. The molecule has 6 nitrogen and oxygen atoms in total. The topological polar surface area (TPSA) is 63.9 Å². The quantitative estimate of drug-likeness (QED) is 0.833. The molecular formula is C17H21N5OS. The van der Waals surface area contributed by atoms with E-state index in [1.54, 1.807) is 10.7 Å². The summed E-state index contributed by atoms with van der Waals surface area (Å²) in [6.45, 7) is 5.46. The predicted octanol–water partition coefficient (Wildman–Crippen LogP) is 1.26. The van der Waals surface area contributed by atoms with Crippen molar-refractivity contribution in [1.29, 1.82) is 0 Å². The van der Waals surface area contributed by atoms with Crippen molar-refractivity contribution < 1.29 is 0 Å². The summed E-state index contributed by atoms with van der Waals surface area (Å²) in [5.74, 6) is 3.34. The Kier molecular flexibility index (Phi) is 4.37. The van der Waals surface area contributed by atoms with Crippen molar-refractivity contribution in [3.05, 3.63) is 51.5 Å². The number of aromatic nitrogens is 4. The zero-order valence-electron chi connectivity index (χ0n) is 13.8. The normalized spacial score (nSPS) is 18.2. The highest BCUT2D eigenvalue weighted by Gasteiger charge is 2.28. The average molecular weight is 343 g/mol. The van der Waals surface area contributed by atoms with Crippen LogP contribution in [0.3, 0.4) is 0 Å². The van der Waals surface area contributed by atoms with Crippen LogP contribution in [0.5, 0.6) is 0 Å². The molecule has 0 saturated carbocycles. The molecule has 0 aliphatic carbocycles. The van der Waals surface area contributed by atoms with Crippen molar-refractivity contribution in [3.8, 4) is 0 Å². The highest BCUT2D eigenvalue weighted by Crippen LogP contribution is 2.22. The van der Waals surface area contributed by atoms with Gasteiger partial charge in [-0.1, -0.05) is 0 Å². The molecule has 0 unspecified atom stereocenters. The first kappa shape index (κ1) is 15.8. The van der Waals surface area contributed by atoms with Gasteiger partial charge in [0.2, 0.25) is 0 Å². The Morgan fingerprint density at radius 1 is 1.38 bits per heavy atom. The summed E-state index contributed by atoms with van der Waals surface area (Å²) >= 11 is 1.88. The number of likely N-dealkylation sites (tertiary alicyclic amines) is 1. The van der Waals surface area contributed by atoms with Crippen LogP contribution in [0.25, 0.3) is 0 Å². The molecule has 2 aliphatic heterocycles. The van der Waals surface area contributed by atoms with E-state index in [0.717, 1.165) is 66.9 Å². The van der Waals surface area contributed by atoms with E-state index < -0.39 is 0 Å². The van der Waals surface area contributed by atoms with Gasteiger partial charge in [-0.3, -0.25) is 9.69 Å². The van der Waals surface area contributed by atoms with Gasteiger partial charge >= 0.3 is 0 Å². The van der Waals surface area contributed by atoms with Crippen molar-refractivity contribution in [2.45, 2.75) is 32.2 Å². The van der Waals surface area contributed by atoms with Gasteiger partial charge in [-0.15, -0.1) is 0 Å². The molecule has 126 valence electrons. The van der Waals surface area contributed by atoms with Crippen LogP contribution in [0.4, 0.5) is 0 Å². The lowest BCUT2D eigenvalue weighted by Gasteiger charge is -2.39. The van der Waals surface area contributed by atoms with E-state index in [1.165, 1.54) is 0 Å². The summed E-state index contributed by atoms with van der Waals surface area (Å²) < 4.78 is 1.67. The smallest absolute Gasteiger partial charge is 0.267 e. The SMILES string of the molecule is Cc1nccc(CN2CC(Cn3nc4c(cc3=O)CSCC4)C2)n1. The summed E-state index contributed by atoms with van der Waals surface area (Å²) in [6, 6.07) is 3.75. The molecule has 2 aromatic heterocycles.